The highest BCUT2D eigenvalue weighted by Gasteiger charge is 2.19. The molecule has 0 fully saturated rings. The number of nitrogens with zero attached hydrogens (tertiary/aromatic N) is 2. The highest BCUT2D eigenvalue weighted by Crippen LogP contribution is 2.08. The molecule has 0 saturated heterocycles. The summed E-state index contributed by atoms with van der Waals surface area (Å²) in [6.45, 7) is 2.66. The number of aliphatic carboxylic acids is 1. The van der Waals surface area contributed by atoms with Gasteiger partial charge >= 0.3 is 5.97 Å². The number of benzene rings is 1. The summed E-state index contributed by atoms with van der Waals surface area (Å²) in [7, 11) is 0. The van der Waals surface area contributed by atoms with E-state index in [-0.39, 0.29) is 5.91 Å². The number of aromatic nitrogens is 2. The molecule has 23 heavy (non-hydrogen) atoms. The number of unbranched alkanes of at least 4 members (excludes halogenated alkanes) is 1. The van der Waals surface area contributed by atoms with Gasteiger partial charge in [0.25, 0.3) is 5.91 Å². The van der Waals surface area contributed by atoms with Gasteiger partial charge in [0.15, 0.2) is 0 Å². The van der Waals surface area contributed by atoms with Crippen LogP contribution in [0.1, 0.15) is 42.1 Å². The zero-order valence-electron chi connectivity index (χ0n) is 13.1. The predicted molar refractivity (Wildman–Crippen MR) is 86.2 cm³/mol. The highest BCUT2D eigenvalue weighted by molar-refractivity contribution is 5.96. The summed E-state index contributed by atoms with van der Waals surface area (Å²) in [5.41, 5.74) is 1.50. The summed E-state index contributed by atoms with van der Waals surface area (Å²) in [5, 5.41) is 11.7. The zero-order chi connectivity index (χ0) is 16.7. The molecule has 2 N–H and O–H groups in total. The zero-order valence-corrected chi connectivity index (χ0v) is 13.1. The third-order valence-electron chi connectivity index (χ3n) is 3.59. The summed E-state index contributed by atoms with van der Waals surface area (Å²) in [5.74, 6) is -1.36. The van der Waals surface area contributed by atoms with Crippen LogP contribution >= 0.6 is 0 Å². The van der Waals surface area contributed by atoms with Crippen LogP contribution in [0.4, 0.5) is 0 Å². The SMILES string of the molecule is CCCC[C@H](NC(=O)c1ccc(Cn2ccnc2)cc1)C(=O)O. The normalized spacial score (nSPS) is 11.9. The van der Waals surface area contributed by atoms with Crippen molar-refractivity contribution in [1.29, 1.82) is 0 Å². The molecule has 0 saturated carbocycles. The molecule has 0 aliphatic heterocycles. The molecule has 0 spiro atoms. The van der Waals surface area contributed by atoms with E-state index < -0.39 is 12.0 Å². The predicted octanol–water partition coefficient (Wildman–Crippen LogP) is 2.30. The van der Waals surface area contributed by atoms with Crippen LogP contribution in [-0.4, -0.2) is 32.6 Å². The lowest BCUT2D eigenvalue weighted by atomic mass is 10.1. The molecule has 2 aromatic rings. The Morgan fingerprint density at radius 2 is 2.04 bits per heavy atom. The molecule has 6 heteroatoms. The first-order valence-electron chi connectivity index (χ1n) is 7.68. The first-order valence-corrected chi connectivity index (χ1v) is 7.68. The topological polar surface area (TPSA) is 84.2 Å². The Morgan fingerprint density at radius 3 is 2.61 bits per heavy atom. The second-order valence-electron chi connectivity index (χ2n) is 5.44. The molecular weight excluding hydrogens is 294 g/mol. The number of nitrogens with one attached hydrogen (secondary N) is 1. The van der Waals surface area contributed by atoms with Crippen LogP contribution in [0, 0.1) is 0 Å². The molecule has 1 atom stereocenters. The molecule has 2 rings (SSSR count). The number of carbonyl (C=O) groups is 2. The minimum Gasteiger partial charge on any atom is -0.480 e. The van der Waals surface area contributed by atoms with Crippen LogP contribution in [-0.2, 0) is 11.3 Å². The van der Waals surface area contributed by atoms with Gasteiger partial charge in [-0.25, -0.2) is 9.78 Å². The molecule has 1 aromatic heterocycles. The van der Waals surface area contributed by atoms with Crippen LogP contribution in [0.2, 0.25) is 0 Å². The van der Waals surface area contributed by atoms with E-state index in [2.05, 4.69) is 10.3 Å². The van der Waals surface area contributed by atoms with Gasteiger partial charge in [-0.2, -0.15) is 0 Å². The van der Waals surface area contributed by atoms with E-state index in [0.717, 1.165) is 18.4 Å². The van der Waals surface area contributed by atoms with E-state index in [1.165, 1.54) is 0 Å². The van der Waals surface area contributed by atoms with Gasteiger partial charge in [-0.05, 0) is 24.1 Å². The summed E-state index contributed by atoms with van der Waals surface area (Å²) in [6, 6.07) is 6.29. The van der Waals surface area contributed by atoms with Crippen LogP contribution < -0.4 is 5.32 Å². The first kappa shape index (κ1) is 16.7. The molecule has 1 heterocycles. The average molecular weight is 315 g/mol. The molecule has 0 radical (unpaired) electrons. The molecule has 0 aliphatic rings. The Labute approximate surface area is 135 Å². The lowest BCUT2D eigenvalue weighted by Gasteiger charge is -2.14. The fraction of sp³-hybridized carbons (Fsp3) is 0.353. The van der Waals surface area contributed by atoms with Crippen molar-refractivity contribution >= 4 is 11.9 Å². The summed E-state index contributed by atoms with van der Waals surface area (Å²) >= 11 is 0. The minimum absolute atomic E-state index is 0.359. The van der Waals surface area contributed by atoms with Crippen molar-refractivity contribution in [2.75, 3.05) is 0 Å². The highest BCUT2D eigenvalue weighted by atomic mass is 16.4. The van der Waals surface area contributed by atoms with Gasteiger partial charge in [0.2, 0.25) is 0 Å². The Morgan fingerprint density at radius 1 is 1.30 bits per heavy atom. The molecule has 6 nitrogen and oxygen atoms in total. The Hall–Kier alpha value is -2.63. The van der Waals surface area contributed by atoms with E-state index in [0.29, 0.717) is 18.5 Å². The molecule has 0 bridgehead atoms. The van der Waals surface area contributed by atoms with Gasteiger partial charge in [0.1, 0.15) is 6.04 Å². The second-order valence-corrected chi connectivity index (χ2v) is 5.44. The van der Waals surface area contributed by atoms with E-state index in [9.17, 15) is 9.59 Å². The molecule has 1 aromatic carbocycles. The quantitative estimate of drug-likeness (QED) is 0.783. The van der Waals surface area contributed by atoms with Crippen LogP contribution in [0.3, 0.4) is 0 Å². The standard InChI is InChI=1S/C17H21N3O3/c1-2-3-4-15(17(22)23)19-16(21)14-7-5-13(6-8-14)11-20-10-9-18-12-20/h5-10,12,15H,2-4,11H2,1H3,(H,19,21)(H,22,23)/t15-/m0/s1. The maximum Gasteiger partial charge on any atom is 0.326 e. The molecular formula is C17H21N3O3. The Bertz CT molecular complexity index is 636. The van der Waals surface area contributed by atoms with Crippen molar-refractivity contribution in [2.24, 2.45) is 0 Å². The van der Waals surface area contributed by atoms with Gasteiger partial charge in [0, 0.05) is 24.5 Å². The van der Waals surface area contributed by atoms with Crippen molar-refractivity contribution in [2.45, 2.75) is 38.8 Å². The van der Waals surface area contributed by atoms with Crippen LogP contribution in [0.15, 0.2) is 43.0 Å². The second kappa shape index (κ2) is 8.12. The number of hydrogen-bond donors (Lipinski definition) is 2. The monoisotopic (exact) mass is 315 g/mol. The van der Waals surface area contributed by atoms with Crippen LogP contribution in [0.5, 0.6) is 0 Å². The van der Waals surface area contributed by atoms with Crippen LogP contribution in [0.25, 0.3) is 0 Å². The average Bonchev–Trinajstić information content (AvgIpc) is 3.04. The number of imidazole rings is 1. The summed E-state index contributed by atoms with van der Waals surface area (Å²) in [4.78, 5) is 27.3. The molecule has 122 valence electrons. The van der Waals surface area contributed by atoms with E-state index >= 15 is 0 Å². The van der Waals surface area contributed by atoms with Gasteiger partial charge in [-0.15, -0.1) is 0 Å². The maximum atomic E-state index is 12.2. The van der Waals surface area contributed by atoms with Gasteiger partial charge in [-0.1, -0.05) is 31.9 Å². The summed E-state index contributed by atoms with van der Waals surface area (Å²) in [6.07, 6.45) is 7.40. The molecule has 0 aliphatic carbocycles. The lowest BCUT2D eigenvalue weighted by molar-refractivity contribution is -0.139. The van der Waals surface area contributed by atoms with Gasteiger partial charge in [0.05, 0.1) is 6.33 Å². The lowest BCUT2D eigenvalue weighted by Crippen LogP contribution is -2.40. The number of hydrogen-bond acceptors (Lipinski definition) is 3. The van der Waals surface area contributed by atoms with Crippen molar-refractivity contribution in [1.82, 2.24) is 14.9 Å². The summed E-state index contributed by atoms with van der Waals surface area (Å²) < 4.78 is 1.93. The Balaban J connectivity index is 1.97. The Kier molecular flexibility index (Phi) is 5.91. The van der Waals surface area contributed by atoms with E-state index in [4.69, 9.17) is 5.11 Å². The van der Waals surface area contributed by atoms with Crippen molar-refractivity contribution in [3.63, 3.8) is 0 Å². The van der Waals surface area contributed by atoms with Crippen molar-refractivity contribution < 1.29 is 14.7 Å². The largest absolute Gasteiger partial charge is 0.480 e. The molecule has 1 amide bonds. The van der Waals surface area contributed by atoms with E-state index in [1.54, 1.807) is 24.7 Å². The molecule has 0 unspecified atom stereocenters. The van der Waals surface area contributed by atoms with Gasteiger partial charge < -0.3 is 15.0 Å². The maximum absolute atomic E-state index is 12.2. The number of amides is 1. The number of rotatable bonds is 8. The first-order chi connectivity index (χ1) is 11.1. The van der Waals surface area contributed by atoms with Crippen molar-refractivity contribution in [3.05, 3.63) is 54.1 Å². The number of carboxylic acid groups (broad SMARTS) is 1. The van der Waals surface area contributed by atoms with Crippen molar-refractivity contribution in [3.8, 4) is 0 Å². The fourth-order valence-corrected chi connectivity index (χ4v) is 2.26. The minimum atomic E-state index is -0.997. The third-order valence-corrected chi connectivity index (χ3v) is 3.59. The van der Waals surface area contributed by atoms with Gasteiger partial charge in [-0.3, -0.25) is 4.79 Å². The smallest absolute Gasteiger partial charge is 0.326 e. The fourth-order valence-electron chi connectivity index (χ4n) is 2.26. The van der Waals surface area contributed by atoms with E-state index in [1.807, 2.05) is 29.8 Å². The third kappa shape index (κ3) is 4.95. The number of carbonyl (C=O) groups excluding carboxylic acids is 1. The number of carboxylic acids is 1.